The molecule has 0 aromatic rings. The summed E-state index contributed by atoms with van der Waals surface area (Å²) in [6, 6.07) is 0. The van der Waals surface area contributed by atoms with Crippen LogP contribution in [0.4, 0.5) is 0 Å². The monoisotopic (exact) mass is 489 g/mol. The van der Waals surface area contributed by atoms with Crippen LogP contribution in [-0.4, -0.2) is 35.6 Å². The average Bonchev–Trinajstić information content (AvgIpc) is 2.83. The Kier molecular flexibility index (Phi) is 22.7. The van der Waals surface area contributed by atoms with Crippen molar-refractivity contribution in [2.45, 2.75) is 110 Å². The summed E-state index contributed by atoms with van der Waals surface area (Å²) < 4.78 is 5.71. The fourth-order valence-electron chi connectivity index (χ4n) is 3.33. The molecule has 198 valence electrons. The number of esters is 1. The molecule has 35 heavy (non-hydrogen) atoms. The molecule has 0 aromatic heterocycles. The maximum Gasteiger partial charge on any atom is 0.322 e. The number of rotatable bonds is 22. The van der Waals surface area contributed by atoms with Crippen molar-refractivity contribution in [1.29, 1.82) is 0 Å². The summed E-state index contributed by atoms with van der Waals surface area (Å²) >= 11 is 0. The zero-order chi connectivity index (χ0) is 26.0. The van der Waals surface area contributed by atoms with Crippen LogP contribution in [0.2, 0.25) is 0 Å². The van der Waals surface area contributed by atoms with E-state index in [2.05, 4.69) is 61.7 Å². The van der Waals surface area contributed by atoms with Crippen LogP contribution in [0.15, 0.2) is 48.6 Å². The molecule has 6 nitrogen and oxygen atoms in total. The van der Waals surface area contributed by atoms with Gasteiger partial charge in [-0.15, -0.1) is 0 Å². The molecule has 1 unspecified atom stereocenters. The van der Waals surface area contributed by atoms with Gasteiger partial charge in [0, 0.05) is 12.8 Å². The molecule has 0 heterocycles. The van der Waals surface area contributed by atoms with Crippen LogP contribution >= 0.6 is 0 Å². The van der Waals surface area contributed by atoms with Gasteiger partial charge in [0.05, 0.1) is 0 Å². The van der Waals surface area contributed by atoms with Crippen LogP contribution in [0.1, 0.15) is 104 Å². The van der Waals surface area contributed by atoms with E-state index in [9.17, 15) is 14.4 Å². The molecule has 6 heteroatoms. The lowest BCUT2D eigenvalue weighted by atomic mass is 10.0. The van der Waals surface area contributed by atoms with Gasteiger partial charge in [0.2, 0.25) is 5.91 Å². The topological polar surface area (TPSA) is 92.7 Å². The molecule has 0 radical (unpaired) electrons. The number of amides is 1. The van der Waals surface area contributed by atoms with Crippen LogP contribution in [0, 0.1) is 0 Å². The van der Waals surface area contributed by atoms with Gasteiger partial charge in [0.1, 0.15) is 12.6 Å². The number of hydrogen-bond acceptors (Lipinski definition) is 4. The van der Waals surface area contributed by atoms with E-state index in [1.165, 1.54) is 0 Å². The number of carbonyl (C=O) groups excluding carboxylic acids is 2. The lowest BCUT2D eigenvalue weighted by molar-refractivity contribution is -0.149. The molecule has 0 fully saturated rings. The molecule has 1 amide bonds. The maximum atomic E-state index is 12.2. The van der Waals surface area contributed by atoms with Gasteiger partial charge < -0.3 is 15.2 Å². The lowest BCUT2D eigenvalue weighted by Gasteiger charge is -2.17. The molecule has 0 aliphatic carbocycles. The summed E-state index contributed by atoms with van der Waals surface area (Å²) in [5, 5.41) is 10.9. The second-order valence-electron chi connectivity index (χ2n) is 8.56. The van der Waals surface area contributed by atoms with Crippen LogP contribution in [0.25, 0.3) is 0 Å². The Balaban J connectivity index is 4.01. The summed E-state index contributed by atoms with van der Waals surface area (Å²) in [7, 11) is 0. The number of allylic oxidation sites excluding steroid dienone is 8. The van der Waals surface area contributed by atoms with Crippen LogP contribution in [-0.2, 0) is 19.1 Å². The number of ether oxygens (including phenoxy) is 1. The highest BCUT2D eigenvalue weighted by molar-refractivity contribution is 5.80. The SMILES string of the molecule is CC/C=C\C/C=C\C/C=C\C/C=C\CCC(=O)OC(CCCC)CCCCCC(=O)NCC(=O)O. The lowest BCUT2D eigenvalue weighted by Crippen LogP contribution is -2.28. The van der Waals surface area contributed by atoms with Gasteiger partial charge in [0.15, 0.2) is 0 Å². The summed E-state index contributed by atoms with van der Waals surface area (Å²) in [5.74, 6) is -1.43. The first kappa shape index (κ1) is 32.4. The van der Waals surface area contributed by atoms with Crippen LogP contribution in [0.5, 0.6) is 0 Å². The van der Waals surface area contributed by atoms with Crippen LogP contribution in [0.3, 0.4) is 0 Å². The number of carbonyl (C=O) groups is 3. The fourth-order valence-corrected chi connectivity index (χ4v) is 3.33. The molecule has 0 aliphatic heterocycles. The molecule has 0 spiro atoms. The molecular weight excluding hydrogens is 442 g/mol. The number of hydrogen-bond donors (Lipinski definition) is 2. The van der Waals surface area contributed by atoms with Crippen molar-refractivity contribution in [2.24, 2.45) is 0 Å². The van der Waals surface area contributed by atoms with E-state index in [1.54, 1.807) is 0 Å². The summed E-state index contributed by atoms with van der Waals surface area (Å²) in [6.45, 7) is 3.92. The number of carboxylic acid groups (broad SMARTS) is 1. The van der Waals surface area contributed by atoms with Crippen molar-refractivity contribution < 1.29 is 24.2 Å². The summed E-state index contributed by atoms with van der Waals surface area (Å²) in [5.41, 5.74) is 0. The minimum Gasteiger partial charge on any atom is -0.480 e. The van der Waals surface area contributed by atoms with Gasteiger partial charge in [-0.1, -0.05) is 81.7 Å². The maximum absolute atomic E-state index is 12.2. The number of carboxylic acids is 1. The molecule has 0 rings (SSSR count). The Morgan fingerprint density at radius 1 is 0.771 bits per heavy atom. The van der Waals surface area contributed by atoms with E-state index in [0.717, 1.165) is 64.2 Å². The van der Waals surface area contributed by atoms with Crippen LogP contribution < -0.4 is 5.32 Å². The predicted octanol–water partition coefficient (Wildman–Crippen LogP) is 6.83. The summed E-state index contributed by atoms with van der Waals surface area (Å²) in [4.78, 5) is 34.2. The largest absolute Gasteiger partial charge is 0.480 e. The molecule has 1 atom stereocenters. The first-order chi connectivity index (χ1) is 17.0. The van der Waals surface area contributed by atoms with Crippen molar-refractivity contribution >= 4 is 17.8 Å². The van der Waals surface area contributed by atoms with Gasteiger partial charge in [-0.25, -0.2) is 0 Å². The van der Waals surface area contributed by atoms with Gasteiger partial charge in [0.25, 0.3) is 0 Å². The number of aliphatic carboxylic acids is 1. The smallest absolute Gasteiger partial charge is 0.322 e. The van der Waals surface area contributed by atoms with Gasteiger partial charge in [-0.2, -0.15) is 0 Å². The fraction of sp³-hybridized carbons (Fsp3) is 0.621. The van der Waals surface area contributed by atoms with Gasteiger partial charge in [-0.3, -0.25) is 14.4 Å². The molecule has 0 aromatic carbocycles. The quantitative estimate of drug-likeness (QED) is 0.0988. The third kappa shape index (κ3) is 24.3. The van der Waals surface area contributed by atoms with E-state index in [0.29, 0.717) is 25.7 Å². The second-order valence-corrected chi connectivity index (χ2v) is 8.56. The van der Waals surface area contributed by atoms with E-state index in [1.807, 2.05) is 6.08 Å². The highest BCUT2D eigenvalue weighted by atomic mass is 16.5. The molecule has 0 saturated carbocycles. The zero-order valence-electron chi connectivity index (χ0n) is 21.9. The van der Waals surface area contributed by atoms with Crippen molar-refractivity contribution in [3.8, 4) is 0 Å². The highest BCUT2D eigenvalue weighted by Crippen LogP contribution is 2.15. The minimum atomic E-state index is -1.04. The minimum absolute atomic E-state index is 0.0688. The van der Waals surface area contributed by atoms with Crippen molar-refractivity contribution in [1.82, 2.24) is 5.32 Å². The summed E-state index contributed by atoms with van der Waals surface area (Å²) in [6.07, 6.45) is 28.5. The first-order valence-electron chi connectivity index (χ1n) is 13.3. The van der Waals surface area contributed by atoms with Crippen molar-refractivity contribution in [3.63, 3.8) is 0 Å². The van der Waals surface area contributed by atoms with Gasteiger partial charge in [-0.05, 0) is 57.8 Å². The number of unbranched alkanes of at least 4 members (excludes halogenated alkanes) is 3. The van der Waals surface area contributed by atoms with Gasteiger partial charge >= 0.3 is 11.9 Å². The molecule has 0 aliphatic rings. The standard InChI is InChI=1S/C29H47NO5/c1-3-5-7-8-9-10-11-12-13-14-15-16-20-24-29(34)35-26(21-6-4-2)22-18-17-19-23-27(31)30-25-28(32)33/h5,7,9-10,12-13,15-16,26H,3-4,6,8,11,14,17-25H2,1-2H3,(H,30,31)(H,32,33)/b7-5-,10-9-,13-12-,16-15-. The molecule has 0 bridgehead atoms. The third-order valence-corrected chi connectivity index (χ3v) is 5.28. The van der Waals surface area contributed by atoms with E-state index in [-0.39, 0.29) is 24.5 Å². The Bertz CT molecular complexity index is 679. The number of nitrogens with one attached hydrogen (secondary N) is 1. The van der Waals surface area contributed by atoms with Crippen molar-refractivity contribution in [2.75, 3.05) is 6.54 Å². The normalized spacial score (nSPS) is 12.7. The third-order valence-electron chi connectivity index (χ3n) is 5.28. The highest BCUT2D eigenvalue weighted by Gasteiger charge is 2.13. The Morgan fingerprint density at radius 2 is 1.37 bits per heavy atom. The van der Waals surface area contributed by atoms with E-state index >= 15 is 0 Å². The zero-order valence-corrected chi connectivity index (χ0v) is 21.9. The van der Waals surface area contributed by atoms with E-state index in [4.69, 9.17) is 9.84 Å². The second kappa shape index (κ2) is 24.5. The first-order valence-corrected chi connectivity index (χ1v) is 13.3. The molecule has 0 saturated heterocycles. The van der Waals surface area contributed by atoms with E-state index < -0.39 is 5.97 Å². The Hall–Kier alpha value is -2.63. The predicted molar refractivity (Wildman–Crippen MR) is 143 cm³/mol. The van der Waals surface area contributed by atoms with Crippen molar-refractivity contribution in [3.05, 3.63) is 48.6 Å². The average molecular weight is 490 g/mol. The Morgan fingerprint density at radius 3 is 1.97 bits per heavy atom. The molecular formula is C29H47NO5. The Labute approximate surface area is 212 Å². The molecule has 2 N–H and O–H groups in total.